The molecule has 0 amide bonds. The van der Waals surface area contributed by atoms with E-state index in [1.54, 1.807) is 5.56 Å². The molecule has 1 aromatic rings. The van der Waals surface area contributed by atoms with Crippen molar-refractivity contribution in [3.63, 3.8) is 0 Å². The Balaban J connectivity index is 1.71. The molecule has 2 heteroatoms. The Labute approximate surface area is 108 Å². The highest BCUT2D eigenvalue weighted by atomic mass is 32.2. The fraction of sp³-hybridized carbons (Fsp3) is 0.600. The summed E-state index contributed by atoms with van der Waals surface area (Å²) in [5.41, 5.74) is 1.61. The van der Waals surface area contributed by atoms with Gasteiger partial charge in [-0.1, -0.05) is 24.6 Å². The molecule has 1 nitrogen and oxygen atoms in total. The zero-order chi connectivity index (χ0) is 11.7. The second kappa shape index (κ2) is 5.03. The molecule has 92 valence electrons. The Morgan fingerprint density at radius 3 is 3.06 bits per heavy atom. The van der Waals surface area contributed by atoms with Crippen LogP contribution in [0.15, 0.2) is 29.2 Å². The minimum absolute atomic E-state index is 0.771. The van der Waals surface area contributed by atoms with E-state index in [1.165, 1.54) is 36.3 Å². The summed E-state index contributed by atoms with van der Waals surface area (Å²) in [6, 6.07) is 9.75. The van der Waals surface area contributed by atoms with Crippen molar-refractivity contribution in [2.75, 3.05) is 12.8 Å². The van der Waals surface area contributed by atoms with E-state index in [2.05, 4.69) is 36.6 Å². The molecule has 1 saturated carbocycles. The molecule has 1 aromatic carbocycles. The molecule has 0 radical (unpaired) electrons. The van der Waals surface area contributed by atoms with Gasteiger partial charge in [-0.3, -0.25) is 0 Å². The highest BCUT2D eigenvalue weighted by Gasteiger charge is 2.31. The normalized spacial score (nSPS) is 31.7. The van der Waals surface area contributed by atoms with Gasteiger partial charge in [0.05, 0.1) is 0 Å². The Morgan fingerprint density at radius 2 is 2.18 bits per heavy atom. The Bertz CT molecular complexity index is 390. The van der Waals surface area contributed by atoms with Gasteiger partial charge < -0.3 is 5.32 Å². The third-order valence-electron chi connectivity index (χ3n) is 4.42. The molecule has 0 spiro atoms. The van der Waals surface area contributed by atoms with Crippen molar-refractivity contribution in [3.05, 3.63) is 29.8 Å². The summed E-state index contributed by atoms with van der Waals surface area (Å²) in [6.45, 7) is 0. The van der Waals surface area contributed by atoms with E-state index >= 15 is 0 Å². The number of fused-ring (bicyclic) bond motifs is 1. The average Bonchev–Trinajstić information content (AvgIpc) is 2.97. The Hall–Kier alpha value is -0.470. The van der Waals surface area contributed by atoms with Crippen LogP contribution < -0.4 is 5.32 Å². The van der Waals surface area contributed by atoms with Crippen molar-refractivity contribution in [2.45, 2.75) is 42.5 Å². The minimum Gasteiger partial charge on any atom is -0.317 e. The van der Waals surface area contributed by atoms with E-state index < -0.39 is 0 Å². The van der Waals surface area contributed by atoms with E-state index in [1.807, 2.05) is 11.8 Å². The Morgan fingerprint density at radius 1 is 1.29 bits per heavy atom. The van der Waals surface area contributed by atoms with Gasteiger partial charge in [0.2, 0.25) is 0 Å². The summed E-state index contributed by atoms with van der Waals surface area (Å²) >= 11 is 2.05. The maximum Gasteiger partial charge on any atom is 0.0107 e. The molecule has 3 rings (SSSR count). The number of benzene rings is 1. The topological polar surface area (TPSA) is 12.0 Å². The van der Waals surface area contributed by atoms with E-state index in [-0.39, 0.29) is 0 Å². The average molecular weight is 247 g/mol. The zero-order valence-electron chi connectivity index (χ0n) is 10.5. The standard InChI is InChI=1S/C15H21NS/c1-16-14-7-4-5-11(14)9-12-10-17-15-8-3-2-6-13(12)15/h2-3,6,8,11-12,14,16H,4-5,7,9-10H2,1H3. The number of hydrogen-bond acceptors (Lipinski definition) is 2. The minimum atomic E-state index is 0.771. The van der Waals surface area contributed by atoms with Crippen LogP contribution in [-0.2, 0) is 0 Å². The lowest BCUT2D eigenvalue weighted by atomic mass is 9.87. The van der Waals surface area contributed by atoms with Crippen molar-refractivity contribution in [1.82, 2.24) is 5.32 Å². The van der Waals surface area contributed by atoms with Gasteiger partial charge in [0, 0.05) is 16.7 Å². The maximum absolute atomic E-state index is 3.51. The SMILES string of the molecule is CNC1CCCC1CC1CSc2ccccc21. The second-order valence-electron chi connectivity index (χ2n) is 5.37. The lowest BCUT2D eigenvalue weighted by Crippen LogP contribution is -2.29. The molecule has 3 unspecified atom stereocenters. The molecular formula is C15H21NS. The van der Waals surface area contributed by atoms with Crippen molar-refractivity contribution in [3.8, 4) is 0 Å². The summed E-state index contributed by atoms with van der Waals surface area (Å²) in [5, 5.41) is 3.51. The first-order chi connectivity index (χ1) is 8.38. The lowest BCUT2D eigenvalue weighted by molar-refractivity contribution is 0.379. The van der Waals surface area contributed by atoms with Crippen molar-refractivity contribution in [2.24, 2.45) is 5.92 Å². The monoisotopic (exact) mass is 247 g/mol. The van der Waals surface area contributed by atoms with E-state index in [0.29, 0.717) is 0 Å². The van der Waals surface area contributed by atoms with Crippen LogP contribution in [0.1, 0.15) is 37.2 Å². The van der Waals surface area contributed by atoms with Crippen LogP contribution in [0, 0.1) is 5.92 Å². The first-order valence-corrected chi connectivity index (χ1v) is 7.76. The second-order valence-corrected chi connectivity index (χ2v) is 6.43. The summed E-state index contributed by atoms with van der Waals surface area (Å²) in [4.78, 5) is 1.52. The van der Waals surface area contributed by atoms with Crippen LogP contribution in [0.3, 0.4) is 0 Å². The van der Waals surface area contributed by atoms with Crippen molar-refractivity contribution >= 4 is 11.8 Å². The molecular weight excluding hydrogens is 226 g/mol. The van der Waals surface area contributed by atoms with Gasteiger partial charge in [-0.2, -0.15) is 0 Å². The molecule has 3 atom stereocenters. The highest BCUT2D eigenvalue weighted by Crippen LogP contribution is 2.44. The smallest absolute Gasteiger partial charge is 0.0107 e. The van der Waals surface area contributed by atoms with Gasteiger partial charge in [-0.05, 0) is 49.8 Å². The largest absolute Gasteiger partial charge is 0.317 e. The number of nitrogens with one attached hydrogen (secondary N) is 1. The van der Waals surface area contributed by atoms with Crippen LogP contribution in [0.2, 0.25) is 0 Å². The van der Waals surface area contributed by atoms with Crippen LogP contribution in [-0.4, -0.2) is 18.8 Å². The quantitative estimate of drug-likeness (QED) is 0.875. The summed E-state index contributed by atoms with van der Waals surface area (Å²) in [7, 11) is 2.13. The predicted molar refractivity (Wildman–Crippen MR) is 74.7 cm³/mol. The van der Waals surface area contributed by atoms with E-state index in [4.69, 9.17) is 0 Å². The molecule has 0 bridgehead atoms. The van der Waals surface area contributed by atoms with E-state index in [0.717, 1.165) is 17.9 Å². The van der Waals surface area contributed by atoms with Gasteiger partial charge in [-0.25, -0.2) is 0 Å². The number of thioether (sulfide) groups is 1. The van der Waals surface area contributed by atoms with Gasteiger partial charge in [0.1, 0.15) is 0 Å². The fourth-order valence-corrected chi connectivity index (χ4v) is 4.76. The molecule has 1 heterocycles. The third kappa shape index (κ3) is 2.25. The number of hydrogen-bond donors (Lipinski definition) is 1. The first kappa shape index (κ1) is 11.6. The zero-order valence-corrected chi connectivity index (χ0v) is 11.3. The van der Waals surface area contributed by atoms with E-state index in [9.17, 15) is 0 Å². The molecule has 1 aliphatic heterocycles. The molecule has 1 N–H and O–H groups in total. The van der Waals surface area contributed by atoms with Crippen LogP contribution >= 0.6 is 11.8 Å². The summed E-state index contributed by atoms with van der Waals surface area (Å²) in [6.07, 6.45) is 5.60. The third-order valence-corrected chi connectivity index (χ3v) is 5.67. The van der Waals surface area contributed by atoms with Gasteiger partial charge in [0.15, 0.2) is 0 Å². The lowest BCUT2D eigenvalue weighted by Gasteiger charge is -2.22. The summed E-state index contributed by atoms with van der Waals surface area (Å²) in [5.74, 6) is 3.00. The molecule has 1 fully saturated rings. The molecule has 17 heavy (non-hydrogen) atoms. The molecule has 1 aliphatic carbocycles. The molecule has 0 aromatic heterocycles. The fourth-order valence-electron chi connectivity index (χ4n) is 3.49. The highest BCUT2D eigenvalue weighted by molar-refractivity contribution is 7.99. The van der Waals surface area contributed by atoms with Crippen LogP contribution in [0.5, 0.6) is 0 Å². The van der Waals surface area contributed by atoms with Crippen molar-refractivity contribution in [1.29, 1.82) is 0 Å². The van der Waals surface area contributed by atoms with Crippen LogP contribution in [0.25, 0.3) is 0 Å². The maximum atomic E-state index is 3.51. The first-order valence-electron chi connectivity index (χ1n) is 6.77. The van der Waals surface area contributed by atoms with Gasteiger partial charge in [-0.15, -0.1) is 11.8 Å². The van der Waals surface area contributed by atoms with Crippen molar-refractivity contribution < 1.29 is 0 Å². The van der Waals surface area contributed by atoms with Crippen LogP contribution in [0.4, 0.5) is 0 Å². The number of rotatable bonds is 3. The molecule has 0 saturated heterocycles. The molecule has 2 aliphatic rings. The summed E-state index contributed by atoms with van der Waals surface area (Å²) < 4.78 is 0. The van der Waals surface area contributed by atoms with Gasteiger partial charge >= 0.3 is 0 Å². The van der Waals surface area contributed by atoms with Gasteiger partial charge in [0.25, 0.3) is 0 Å². The Kier molecular flexibility index (Phi) is 3.44. The predicted octanol–water partition coefficient (Wildman–Crippen LogP) is 3.65.